The van der Waals surface area contributed by atoms with E-state index in [1.807, 2.05) is 0 Å². The van der Waals surface area contributed by atoms with E-state index in [1.165, 1.54) is 79.7 Å². The SMILES string of the molecule is CC(=O)/C=C(/C)O.CC(=O)/C=C(\C)O.[CH2-]CCC(O)(O/C(C)=C/C(C)=O)O/C(C)=C/C(C)=O.[Zr]. The molecule has 0 rings (SSSR count). The van der Waals surface area contributed by atoms with Crippen LogP contribution in [-0.4, -0.2) is 44.4 Å². The van der Waals surface area contributed by atoms with Gasteiger partial charge in [-0.3, -0.25) is 19.2 Å². The van der Waals surface area contributed by atoms with Crippen molar-refractivity contribution in [3.8, 4) is 0 Å². The van der Waals surface area contributed by atoms with E-state index < -0.39 is 5.97 Å². The summed E-state index contributed by atoms with van der Waals surface area (Å²) >= 11 is 0. The summed E-state index contributed by atoms with van der Waals surface area (Å²) in [6, 6.07) is 0. The molecule has 192 valence electrons. The average Bonchev–Trinajstić information content (AvgIpc) is 2.50. The molecule has 0 aromatic rings. The van der Waals surface area contributed by atoms with Crippen LogP contribution in [0.1, 0.15) is 68.2 Å². The first-order valence-corrected chi connectivity index (χ1v) is 9.97. The summed E-state index contributed by atoms with van der Waals surface area (Å²) in [4.78, 5) is 41.9. The maximum Gasteiger partial charge on any atom is 0.365 e. The molecule has 0 fully saturated rings. The van der Waals surface area contributed by atoms with E-state index in [9.17, 15) is 24.3 Å². The minimum atomic E-state index is -1.94. The third-order valence-corrected chi connectivity index (χ3v) is 2.77. The predicted molar refractivity (Wildman–Crippen MR) is 125 cm³/mol. The van der Waals surface area contributed by atoms with Gasteiger partial charge in [-0.25, -0.2) is 0 Å². The summed E-state index contributed by atoms with van der Waals surface area (Å²) in [6.07, 6.45) is 5.26. The zero-order chi connectivity index (χ0) is 26.8. The largest absolute Gasteiger partial charge is 0.512 e. The number of aliphatic hydroxyl groups excluding tert-OH is 2. The van der Waals surface area contributed by atoms with E-state index in [1.54, 1.807) is 0 Å². The fourth-order valence-electron chi connectivity index (χ4n) is 2.07. The molecule has 0 saturated carbocycles. The van der Waals surface area contributed by atoms with Crippen molar-refractivity contribution in [2.45, 2.75) is 74.2 Å². The second-order valence-corrected chi connectivity index (χ2v) is 7.04. The van der Waals surface area contributed by atoms with Gasteiger partial charge < -0.3 is 31.7 Å². The molecule has 0 radical (unpaired) electrons. The second kappa shape index (κ2) is 21.2. The van der Waals surface area contributed by atoms with Gasteiger partial charge in [0.2, 0.25) is 0 Å². The number of carbonyl (C=O) groups is 4. The van der Waals surface area contributed by atoms with Gasteiger partial charge in [-0.15, -0.1) is 0 Å². The van der Waals surface area contributed by atoms with Gasteiger partial charge in [0.25, 0.3) is 0 Å². The molecular formula is C24H37O9Zr-. The van der Waals surface area contributed by atoms with Crippen LogP contribution in [-0.2, 0) is 54.9 Å². The zero-order valence-corrected chi connectivity index (χ0v) is 23.7. The van der Waals surface area contributed by atoms with Crippen LogP contribution in [0, 0.1) is 6.92 Å². The molecule has 0 heterocycles. The summed E-state index contributed by atoms with van der Waals surface area (Å²) in [7, 11) is 0. The number of rotatable bonds is 10. The van der Waals surface area contributed by atoms with Crippen molar-refractivity contribution < 1.29 is 70.2 Å². The maximum atomic E-state index is 10.9. The van der Waals surface area contributed by atoms with Crippen LogP contribution in [0.3, 0.4) is 0 Å². The molecule has 9 nitrogen and oxygen atoms in total. The monoisotopic (exact) mass is 559 g/mol. The molecule has 0 aliphatic rings. The number of allylic oxidation sites excluding steroid dienone is 8. The molecule has 0 aliphatic heterocycles. The van der Waals surface area contributed by atoms with Gasteiger partial charge in [-0.1, -0.05) is 0 Å². The Morgan fingerprint density at radius 2 is 0.941 bits per heavy atom. The third-order valence-electron chi connectivity index (χ3n) is 2.77. The maximum absolute atomic E-state index is 10.9. The molecule has 3 N–H and O–H groups in total. The summed E-state index contributed by atoms with van der Waals surface area (Å²) in [6.45, 7) is 15.1. The Morgan fingerprint density at radius 1 is 0.676 bits per heavy atom. The van der Waals surface area contributed by atoms with Crippen LogP contribution < -0.4 is 0 Å². The van der Waals surface area contributed by atoms with Crippen molar-refractivity contribution in [1.29, 1.82) is 0 Å². The van der Waals surface area contributed by atoms with Gasteiger partial charge in [0.05, 0.1) is 11.5 Å². The molecule has 34 heavy (non-hydrogen) atoms. The van der Waals surface area contributed by atoms with Gasteiger partial charge in [0.15, 0.2) is 23.1 Å². The van der Waals surface area contributed by atoms with Gasteiger partial charge in [-0.2, -0.15) is 6.42 Å². The standard InChI is InChI=1S/C14H21O5.2C5H8O2.Zr/c1-6-7-14(17,18-12(4)8-10(2)15)19-13(5)9-11(3)16;2*1-4(6)3-5(2)7;/h8-9,17H,1,6-7H2,2-5H3;2*3,6H,1-2H3;/q-1;;;/b12-8+,13-9+;4-3+;4-3-;. The molecule has 0 unspecified atom stereocenters. The Morgan fingerprint density at radius 3 is 1.09 bits per heavy atom. The molecule has 0 atom stereocenters. The molecular weight excluding hydrogens is 523 g/mol. The fraction of sp³-hybridized carbons (Fsp3) is 0.458. The van der Waals surface area contributed by atoms with E-state index in [-0.39, 0.29) is 78.8 Å². The Kier molecular flexibility index (Phi) is 24.3. The Labute approximate surface area is 221 Å². The molecule has 0 saturated heterocycles. The van der Waals surface area contributed by atoms with Crippen molar-refractivity contribution in [3.63, 3.8) is 0 Å². The quantitative estimate of drug-likeness (QED) is 0.154. The average molecular weight is 561 g/mol. The second-order valence-electron chi connectivity index (χ2n) is 7.04. The summed E-state index contributed by atoms with van der Waals surface area (Å²) in [5.41, 5.74) is 0. The zero-order valence-electron chi connectivity index (χ0n) is 21.2. The van der Waals surface area contributed by atoms with Crippen LogP contribution in [0.2, 0.25) is 0 Å². The van der Waals surface area contributed by atoms with Gasteiger partial charge in [0, 0.05) is 56.9 Å². The van der Waals surface area contributed by atoms with E-state index >= 15 is 0 Å². The first-order valence-electron chi connectivity index (χ1n) is 9.97. The number of ketones is 4. The smallest absolute Gasteiger partial charge is 0.365 e. The third kappa shape index (κ3) is 31.9. The minimum Gasteiger partial charge on any atom is -0.512 e. The van der Waals surface area contributed by atoms with Crippen LogP contribution in [0.15, 0.2) is 47.3 Å². The molecule has 0 aromatic heterocycles. The van der Waals surface area contributed by atoms with E-state index in [4.69, 9.17) is 19.7 Å². The summed E-state index contributed by atoms with van der Waals surface area (Å²) in [5, 5.41) is 26.9. The number of ether oxygens (including phenoxy) is 2. The van der Waals surface area contributed by atoms with Crippen LogP contribution >= 0.6 is 0 Å². The first-order chi connectivity index (χ1) is 14.9. The van der Waals surface area contributed by atoms with Crippen LogP contribution in [0.25, 0.3) is 0 Å². The number of carbonyl (C=O) groups excluding carboxylic acids is 4. The van der Waals surface area contributed by atoms with Crippen molar-refractivity contribution in [1.82, 2.24) is 0 Å². The van der Waals surface area contributed by atoms with E-state index in [0.717, 1.165) is 0 Å². The fourth-order valence-corrected chi connectivity index (χ4v) is 2.07. The van der Waals surface area contributed by atoms with Crippen LogP contribution in [0.5, 0.6) is 0 Å². The van der Waals surface area contributed by atoms with Crippen molar-refractivity contribution in [2.75, 3.05) is 0 Å². The van der Waals surface area contributed by atoms with E-state index in [2.05, 4.69) is 6.92 Å². The molecule has 10 heteroatoms. The van der Waals surface area contributed by atoms with Gasteiger partial charge in [0.1, 0.15) is 11.5 Å². The summed E-state index contributed by atoms with van der Waals surface area (Å²) < 4.78 is 10.4. The Balaban J connectivity index is -0.000000247. The Bertz CT molecular complexity index is 722. The molecule has 0 spiro atoms. The van der Waals surface area contributed by atoms with Gasteiger partial charge in [-0.05, 0) is 55.4 Å². The Hall–Kier alpha value is -2.32. The summed E-state index contributed by atoms with van der Waals surface area (Å²) in [5.74, 6) is -2.03. The van der Waals surface area contributed by atoms with Crippen molar-refractivity contribution >= 4 is 23.1 Å². The molecule has 0 aliphatic carbocycles. The molecule has 0 aromatic carbocycles. The topological polar surface area (TPSA) is 147 Å². The number of hydrogen-bond donors (Lipinski definition) is 3. The van der Waals surface area contributed by atoms with Crippen LogP contribution in [0.4, 0.5) is 0 Å². The minimum absolute atomic E-state index is 0. The predicted octanol–water partition coefficient (Wildman–Crippen LogP) is 4.34. The first kappa shape index (κ1) is 38.9. The van der Waals surface area contributed by atoms with Gasteiger partial charge >= 0.3 is 5.97 Å². The van der Waals surface area contributed by atoms with Crippen molar-refractivity contribution in [2.24, 2.45) is 0 Å². The molecule has 0 bridgehead atoms. The normalized spacial score (nSPS) is 12.1. The van der Waals surface area contributed by atoms with E-state index in [0.29, 0.717) is 6.42 Å². The van der Waals surface area contributed by atoms with Crippen molar-refractivity contribution in [3.05, 3.63) is 54.3 Å². The number of hydrogen-bond acceptors (Lipinski definition) is 9. The number of aliphatic hydroxyl groups is 3. The molecule has 0 amide bonds.